The SMILES string of the molecule is O=C(NC1CCCCC1)c1cc(NC(=S)NC(=O)c2ccccc2OCCc2ccccc2)ccc1Cl. The number of halogens is 1. The van der Waals surface area contributed by atoms with Crippen molar-refractivity contribution in [1.82, 2.24) is 10.6 Å². The van der Waals surface area contributed by atoms with Gasteiger partial charge in [-0.25, -0.2) is 0 Å². The molecule has 0 radical (unpaired) electrons. The predicted octanol–water partition coefficient (Wildman–Crippen LogP) is 6.15. The molecule has 0 spiro atoms. The van der Waals surface area contributed by atoms with Crippen molar-refractivity contribution in [2.45, 2.75) is 44.6 Å². The number of hydrogen-bond acceptors (Lipinski definition) is 4. The maximum absolute atomic E-state index is 12.9. The van der Waals surface area contributed by atoms with Gasteiger partial charge in [0, 0.05) is 18.2 Å². The van der Waals surface area contributed by atoms with Crippen LogP contribution in [0.4, 0.5) is 5.69 Å². The van der Waals surface area contributed by atoms with Gasteiger partial charge in [-0.1, -0.05) is 73.3 Å². The summed E-state index contributed by atoms with van der Waals surface area (Å²) in [5.74, 6) is -0.124. The molecule has 0 bridgehead atoms. The van der Waals surface area contributed by atoms with E-state index in [9.17, 15) is 9.59 Å². The monoisotopic (exact) mass is 535 g/mol. The first-order valence-electron chi connectivity index (χ1n) is 12.5. The zero-order chi connectivity index (χ0) is 26.0. The lowest BCUT2D eigenvalue weighted by atomic mass is 9.95. The van der Waals surface area contributed by atoms with E-state index in [0.29, 0.717) is 34.2 Å². The first kappa shape index (κ1) is 26.6. The molecule has 1 aliphatic rings. The van der Waals surface area contributed by atoms with E-state index in [1.165, 1.54) is 6.42 Å². The molecular weight excluding hydrogens is 506 g/mol. The van der Waals surface area contributed by atoms with E-state index >= 15 is 0 Å². The number of anilines is 1. The molecule has 0 aliphatic heterocycles. The fourth-order valence-corrected chi connectivity index (χ4v) is 4.74. The fraction of sp³-hybridized carbons (Fsp3) is 0.276. The van der Waals surface area contributed by atoms with Crippen molar-refractivity contribution in [3.63, 3.8) is 0 Å². The van der Waals surface area contributed by atoms with E-state index in [1.807, 2.05) is 36.4 Å². The molecule has 1 fully saturated rings. The Morgan fingerprint density at radius 2 is 1.62 bits per heavy atom. The molecule has 2 amide bonds. The van der Waals surface area contributed by atoms with E-state index in [-0.39, 0.29) is 17.1 Å². The first-order valence-corrected chi connectivity index (χ1v) is 13.3. The predicted molar refractivity (Wildman–Crippen MR) is 152 cm³/mol. The second-order valence-electron chi connectivity index (χ2n) is 8.99. The lowest BCUT2D eigenvalue weighted by Gasteiger charge is -2.23. The van der Waals surface area contributed by atoms with Gasteiger partial charge in [-0.15, -0.1) is 0 Å². The van der Waals surface area contributed by atoms with E-state index < -0.39 is 5.91 Å². The van der Waals surface area contributed by atoms with Crippen LogP contribution in [0.5, 0.6) is 5.75 Å². The highest BCUT2D eigenvalue weighted by Gasteiger charge is 2.19. The van der Waals surface area contributed by atoms with Crippen LogP contribution < -0.4 is 20.7 Å². The summed E-state index contributed by atoms with van der Waals surface area (Å²) in [5.41, 5.74) is 2.45. The van der Waals surface area contributed by atoms with Gasteiger partial charge in [-0.2, -0.15) is 0 Å². The van der Waals surface area contributed by atoms with Crippen LogP contribution in [0.15, 0.2) is 72.8 Å². The second kappa shape index (κ2) is 13.2. The zero-order valence-electron chi connectivity index (χ0n) is 20.5. The van der Waals surface area contributed by atoms with Gasteiger partial charge in [-0.3, -0.25) is 14.9 Å². The van der Waals surface area contributed by atoms with Crippen LogP contribution in [0.25, 0.3) is 0 Å². The van der Waals surface area contributed by atoms with Crippen LogP contribution in [0, 0.1) is 0 Å². The van der Waals surface area contributed by atoms with Crippen molar-refractivity contribution in [2.24, 2.45) is 0 Å². The van der Waals surface area contributed by atoms with Gasteiger partial charge in [0.15, 0.2) is 5.11 Å². The van der Waals surface area contributed by atoms with Crippen molar-refractivity contribution in [3.05, 3.63) is 94.5 Å². The minimum absolute atomic E-state index is 0.102. The molecule has 0 unspecified atom stereocenters. The Morgan fingerprint density at radius 1 is 0.892 bits per heavy atom. The summed E-state index contributed by atoms with van der Waals surface area (Å²) in [6, 6.07) is 22.2. The van der Waals surface area contributed by atoms with Crippen molar-refractivity contribution in [2.75, 3.05) is 11.9 Å². The lowest BCUT2D eigenvalue weighted by Crippen LogP contribution is -2.36. The number of carbonyl (C=O) groups is 2. The zero-order valence-corrected chi connectivity index (χ0v) is 22.0. The molecule has 0 atom stereocenters. The highest BCUT2D eigenvalue weighted by molar-refractivity contribution is 7.80. The Bertz CT molecular complexity index is 1250. The van der Waals surface area contributed by atoms with Gasteiger partial charge in [0.1, 0.15) is 5.75 Å². The summed E-state index contributed by atoms with van der Waals surface area (Å²) >= 11 is 11.7. The van der Waals surface area contributed by atoms with Crippen LogP contribution >= 0.6 is 23.8 Å². The maximum Gasteiger partial charge on any atom is 0.261 e. The minimum atomic E-state index is -0.392. The molecule has 1 aliphatic carbocycles. The summed E-state index contributed by atoms with van der Waals surface area (Å²) in [6.07, 6.45) is 6.14. The summed E-state index contributed by atoms with van der Waals surface area (Å²) < 4.78 is 5.90. The summed E-state index contributed by atoms with van der Waals surface area (Å²) in [4.78, 5) is 25.8. The lowest BCUT2D eigenvalue weighted by molar-refractivity contribution is 0.0926. The Morgan fingerprint density at radius 3 is 2.41 bits per heavy atom. The Labute approximate surface area is 227 Å². The molecule has 0 heterocycles. The smallest absolute Gasteiger partial charge is 0.261 e. The molecule has 6 nitrogen and oxygen atoms in total. The van der Waals surface area contributed by atoms with E-state index in [0.717, 1.165) is 37.7 Å². The Hall–Kier alpha value is -3.42. The summed E-state index contributed by atoms with van der Waals surface area (Å²) in [7, 11) is 0. The average Bonchev–Trinajstić information content (AvgIpc) is 2.91. The number of carbonyl (C=O) groups excluding carboxylic acids is 2. The highest BCUT2D eigenvalue weighted by Crippen LogP contribution is 2.23. The largest absolute Gasteiger partial charge is 0.492 e. The van der Waals surface area contributed by atoms with Gasteiger partial charge >= 0.3 is 0 Å². The summed E-state index contributed by atoms with van der Waals surface area (Å²) in [6.45, 7) is 0.438. The van der Waals surface area contributed by atoms with Crippen LogP contribution in [0.3, 0.4) is 0 Å². The number of thiocarbonyl (C=S) groups is 1. The number of para-hydroxylation sites is 1. The third kappa shape index (κ3) is 7.78. The number of amides is 2. The normalized spacial score (nSPS) is 13.4. The van der Waals surface area contributed by atoms with Gasteiger partial charge < -0.3 is 15.4 Å². The van der Waals surface area contributed by atoms with Gasteiger partial charge in [0.2, 0.25) is 0 Å². The molecule has 3 aromatic carbocycles. The molecule has 3 N–H and O–H groups in total. The number of nitrogens with one attached hydrogen (secondary N) is 3. The van der Waals surface area contributed by atoms with Crippen LogP contribution in [0.1, 0.15) is 58.4 Å². The van der Waals surface area contributed by atoms with Crippen LogP contribution in [-0.4, -0.2) is 29.6 Å². The quantitative estimate of drug-likeness (QED) is 0.301. The molecule has 1 saturated carbocycles. The molecule has 0 aromatic heterocycles. The van der Waals surface area contributed by atoms with Crippen molar-refractivity contribution in [1.29, 1.82) is 0 Å². The Kier molecular flexibility index (Phi) is 9.52. The minimum Gasteiger partial charge on any atom is -0.492 e. The van der Waals surface area contributed by atoms with Crippen LogP contribution in [-0.2, 0) is 6.42 Å². The molecule has 37 heavy (non-hydrogen) atoms. The third-order valence-electron chi connectivity index (χ3n) is 6.26. The molecule has 0 saturated heterocycles. The van der Waals surface area contributed by atoms with E-state index in [2.05, 4.69) is 16.0 Å². The Balaban J connectivity index is 1.34. The van der Waals surface area contributed by atoms with E-state index in [4.69, 9.17) is 28.6 Å². The van der Waals surface area contributed by atoms with Crippen LogP contribution in [0.2, 0.25) is 5.02 Å². The van der Waals surface area contributed by atoms with Gasteiger partial charge in [0.25, 0.3) is 11.8 Å². The van der Waals surface area contributed by atoms with E-state index in [1.54, 1.807) is 36.4 Å². The number of rotatable bonds is 8. The number of hydrogen-bond donors (Lipinski definition) is 3. The maximum atomic E-state index is 12.9. The molecule has 3 aromatic rings. The second-order valence-corrected chi connectivity index (χ2v) is 9.81. The first-order chi connectivity index (χ1) is 18.0. The molecule has 8 heteroatoms. The van der Waals surface area contributed by atoms with Crippen molar-refractivity contribution < 1.29 is 14.3 Å². The summed E-state index contributed by atoms with van der Waals surface area (Å²) in [5, 5.41) is 9.20. The number of benzene rings is 3. The molecule has 4 rings (SSSR count). The highest BCUT2D eigenvalue weighted by atomic mass is 35.5. The van der Waals surface area contributed by atoms with Crippen molar-refractivity contribution in [3.8, 4) is 5.75 Å². The van der Waals surface area contributed by atoms with Gasteiger partial charge in [0.05, 0.1) is 22.8 Å². The number of ether oxygens (including phenoxy) is 1. The topological polar surface area (TPSA) is 79.5 Å². The average molecular weight is 536 g/mol. The van der Waals surface area contributed by atoms with Crippen molar-refractivity contribution >= 4 is 46.4 Å². The standard InChI is InChI=1S/C29H30ClN3O3S/c30-25-16-15-22(19-24(25)28(35)31-21-11-5-2-6-12-21)32-29(37)33-27(34)23-13-7-8-14-26(23)36-18-17-20-9-3-1-4-10-20/h1,3-4,7-10,13-16,19,21H,2,5-6,11-12,17-18H2,(H,31,35)(H2,32,33,34,37). The molecular formula is C29H30ClN3O3S. The fourth-order valence-electron chi connectivity index (χ4n) is 4.32. The third-order valence-corrected chi connectivity index (χ3v) is 6.79. The van der Waals surface area contributed by atoms with Gasteiger partial charge in [-0.05, 0) is 61.0 Å². The molecule has 192 valence electrons.